The molecule has 2 aromatic rings. The van der Waals surface area contributed by atoms with E-state index in [1.54, 1.807) is 12.1 Å². The Kier molecular flexibility index (Phi) is 4.32. The summed E-state index contributed by atoms with van der Waals surface area (Å²) in [4.78, 5) is 2.46. The zero-order valence-corrected chi connectivity index (χ0v) is 12.3. The SMILES string of the molecule is Cc1cc(F)ccc1C1CN(Cc2ccccc2)CCN1. The van der Waals surface area contributed by atoms with E-state index in [0.29, 0.717) is 0 Å². The third kappa shape index (κ3) is 3.49. The molecule has 1 aliphatic heterocycles. The predicted molar refractivity (Wildman–Crippen MR) is 83.6 cm³/mol. The highest BCUT2D eigenvalue weighted by molar-refractivity contribution is 5.30. The molecule has 1 atom stereocenters. The van der Waals surface area contributed by atoms with Gasteiger partial charge in [-0.2, -0.15) is 0 Å². The van der Waals surface area contributed by atoms with Crippen LogP contribution in [0, 0.1) is 12.7 Å². The van der Waals surface area contributed by atoms with E-state index in [0.717, 1.165) is 31.7 Å². The minimum atomic E-state index is -0.159. The highest BCUT2D eigenvalue weighted by Gasteiger charge is 2.22. The monoisotopic (exact) mass is 284 g/mol. The fourth-order valence-electron chi connectivity index (χ4n) is 3.03. The van der Waals surface area contributed by atoms with Gasteiger partial charge in [0.05, 0.1) is 0 Å². The molecule has 1 fully saturated rings. The van der Waals surface area contributed by atoms with Crippen molar-refractivity contribution in [2.24, 2.45) is 0 Å². The van der Waals surface area contributed by atoms with E-state index in [-0.39, 0.29) is 11.9 Å². The fraction of sp³-hybridized carbons (Fsp3) is 0.333. The fourth-order valence-corrected chi connectivity index (χ4v) is 3.03. The van der Waals surface area contributed by atoms with E-state index in [9.17, 15) is 4.39 Å². The van der Waals surface area contributed by atoms with Crippen molar-refractivity contribution < 1.29 is 4.39 Å². The minimum absolute atomic E-state index is 0.159. The Bertz CT molecular complexity index is 597. The lowest BCUT2D eigenvalue weighted by atomic mass is 9.99. The van der Waals surface area contributed by atoms with E-state index in [2.05, 4.69) is 34.5 Å². The van der Waals surface area contributed by atoms with E-state index < -0.39 is 0 Å². The van der Waals surface area contributed by atoms with Crippen LogP contribution in [0.5, 0.6) is 0 Å². The van der Waals surface area contributed by atoms with Gasteiger partial charge in [0.25, 0.3) is 0 Å². The van der Waals surface area contributed by atoms with Crippen LogP contribution in [0.4, 0.5) is 4.39 Å². The van der Waals surface area contributed by atoms with Crippen molar-refractivity contribution in [2.75, 3.05) is 19.6 Å². The van der Waals surface area contributed by atoms with Crippen molar-refractivity contribution in [3.05, 3.63) is 71.0 Å². The third-order valence-corrected chi connectivity index (χ3v) is 4.12. The topological polar surface area (TPSA) is 15.3 Å². The zero-order chi connectivity index (χ0) is 14.7. The van der Waals surface area contributed by atoms with Crippen LogP contribution in [0.15, 0.2) is 48.5 Å². The Morgan fingerprint density at radius 2 is 2.00 bits per heavy atom. The summed E-state index contributed by atoms with van der Waals surface area (Å²) in [6.45, 7) is 5.93. The molecule has 2 nitrogen and oxygen atoms in total. The Hall–Kier alpha value is -1.71. The number of rotatable bonds is 3. The van der Waals surface area contributed by atoms with E-state index in [1.165, 1.54) is 11.1 Å². The van der Waals surface area contributed by atoms with Gasteiger partial charge in [0.2, 0.25) is 0 Å². The number of hydrogen-bond acceptors (Lipinski definition) is 2. The lowest BCUT2D eigenvalue weighted by molar-refractivity contribution is 0.193. The lowest BCUT2D eigenvalue weighted by Crippen LogP contribution is -2.45. The van der Waals surface area contributed by atoms with E-state index in [4.69, 9.17) is 0 Å². The molecular formula is C18H21FN2. The largest absolute Gasteiger partial charge is 0.308 e. The molecule has 1 aliphatic rings. The molecule has 0 aromatic heterocycles. The summed E-state index contributed by atoms with van der Waals surface area (Å²) < 4.78 is 13.2. The predicted octanol–water partition coefficient (Wildman–Crippen LogP) is 3.28. The van der Waals surface area contributed by atoms with Crippen LogP contribution in [0.1, 0.15) is 22.7 Å². The summed E-state index contributed by atoms with van der Waals surface area (Å²) in [6.07, 6.45) is 0. The molecule has 1 saturated heterocycles. The molecule has 1 unspecified atom stereocenters. The molecule has 0 aliphatic carbocycles. The number of halogens is 1. The van der Waals surface area contributed by atoms with Crippen molar-refractivity contribution in [3.8, 4) is 0 Å². The second kappa shape index (κ2) is 6.37. The van der Waals surface area contributed by atoms with Gasteiger partial charge in [-0.1, -0.05) is 36.4 Å². The van der Waals surface area contributed by atoms with Crippen molar-refractivity contribution in [2.45, 2.75) is 19.5 Å². The van der Waals surface area contributed by atoms with Crippen molar-refractivity contribution in [1.29, 1.82) is 0 Å². The summed E-state index contributed by atoms with van der Waals surface area (Å²) in [7, 11) is 0. The van der Waals surface area contributed by atoms with Crippen LogP contribution >= 0.6 is 0 Å². The molecule has 3 rings (SSSR count). The maximum absolute atomic E-state index is 13.2. The van der Waals surface area contributed by atoms with Gasteiger partial charge in [-0.15, -0.1) is 0 Å². The van der Waals surface area contributed by atoms with Gasteiger partial charge in [0.1, 0.15) is 5.82 Å². The van der Waals surface area contributed by atoms with Gasteiger partial charge in [-0.3, -0.25) is 4.90 Å². The highest BCUT2D eigenvalue weighted by atomic mass is 19.1. The van der Waals surface area contributed by atoms with Crippen LogP contribution in [0.25, 0.3) is 0 Å². The van der Waals surface area contributed by atoms with Gasteiger partial charge in [0.15, 0.2) is 0 Å². The molecule has 1 heterocycles. The first-order chi connectivity index (χ1) is 10.2. The third-order valence-electron chi connectivity index (χ3n) is 4.12. The summed E-state index contributed by atoms with van der Waals surface area (Å²) in [5.41, 5.74) is 3.57. The molecule has 0 amide bonds. The van der Waals surface area contributed by atoms with Gasteiger partial charge in [0, 0.05) is 32.2 Å². The van der Waals surface area contributed by atoms with Gasteiger partial charge in [-0.05, 0) is 35.7 Å². The Morgan fingerprint density at radius 3 is 2.76 bits per heavy atom. The molecule has 2 aromatic carbocycles. The summed E-state index contributed by atoms with van der Waals surface area (Å²) in [5.74, 6) is -0.159. The first-order valence-corrected chi connectivity index (χ1v) is 7.48. The van der Waals surface area contributed by atoms with Crippen LogP contribution in [-0.4, -0.2) is 24.5 Å². The number of nitrogens with zero attached hydrogens (tertiary/aromatic N) is 1. The molecule has 1 N–H and O–H groups in total. The maximum atomic E-state index is 13.2. The van der Waals surface area contributed by atoms with Gasteiger partial charge in [-0.25, -0.2) is 4.39 Å². The van der Waals surface area contributed by atoms with Crippen LogP contribution in [-0.2, 0) is 6.54 Å². The Labute approximate surface area is 125 Å². The summed E-state index contributed by atoms with van der Waals surface area (Å²) >= 11 is 0. The summed E-state index contributed by atoms with van der Waals surface area (Å²) in [6, 6.07) is 15.9. The number of hydrogen-bond donors (Lipinski definition) is 1. The molecular weight excluding hydrogens is 263 g/mol. The van der Waals surface area contributed by atoms with Gasteiger partial charge < -0.3 is 5.32 Å². The first kappa shape index (κ1) is 14.2. The van der Waals surface area contributed by atoms with Crippen molar-refractivity contribution in [1.82, 2.24) is 10.2 Å². The molecule has 0 radical (unpaired) electrons. The Morgan fingerprint density at radius 1 is 1.19 bits per heavy atom. The second-order valence-electron chi connectivity index (χ2n) is 5.73. The summed E-state index contributed by atoms with van der Waals surface area (Å²) in [5, 5.41) is 3.55. The average Bonchev–Trinajstić information content (AvgIpc) is 2.48. The minimum Gasteiger partial charge on any atom is -0.308 e. The molecule has 0 spiro atoms. The van der Waals surface area contributed by atoms with Crippen LogP contribution in [0.3, 0.4) is 0 Å². The molecule has 21 heavy (non-hydrogen) atoms. The van der Waals surface area contributed by atoms with Gasteiger partial charge >= 0.3 is 0 Å². The standard InChI is InChI=1S/C18H21FN2/c1-14-11-16(19)7-8-17(14)18-13-21(10-9-20-18)12-15-5-3-2-4-6-15/h2-8,11,18,20H,9-10,12-13H2,1H3. The average molecular weight is 284 g/mol. The quantitative estimate of drug-likeness (QED) is 0.930. The molecule has 3 heteroatoms. The smallest absolute Gasteiger partial charge is 0.123 e. The first-order valence-electron chi connectivity index (χ1n) is 7.48. The zero-order valence-electron chi connectivity index (χ0n) is 12.3. The molecule has 0 saturated carbocycles. The number of benzene rings is 2. The Balaban J connectivity index is 1.71. The van der Waals surface area contributed by atoms with Crippen molar-refractivity contribution >= 4 is 0 Å². The van der Waals surface area contributed by atoms with Crippen molar-refractivity contribution in [3.63, 3.8) is 0 Å². The van der Waals surface area contributed by atoms with E-state index >= 15 is 0 Å². The van der Waals surface area contributed by atoms with E-state index in [1.807, 2.05) is 19.1 Å². The molecule has 110 valence electrons. The number of aryl methyl sites for hydroxylation is 1. The normalized spacial score (nSPS) is 19.6. The molecule has 0 bridgehead atoms. The number of nitrogens with one attached hydrogen (secondary N) is 1. The van der Waals surface area contributed by atoms with Crippen LogP contribution in [0.2, 0.25) is 0 Å². The maximum Gasteiger partial charge on any atom is 0.123 e. The lowest BCUT2D eigenvalue weighted by Gasteiger charge is -2.34. The number of piperazine rings is 1. The second-order valence-corrected chi connectivity index (χ2v) is 5.73. The highest BCUT2D eigenvalue weighted by Crippen LogP contribution is 2.22. The van der Waals surface area contributed by atoms with Crippen LogP contribution < -0.4 is 5.32 Å².